The Bertz CT molecular complexity index is 787. The van der Waals surface area contributed by atoms with Crippen molar-refractivity contribution in [3.63, 3.8) is 0 Å². The van der Waals surface area contributed by atoms with Crippen LogP contribution in [0, 0.1) is 22.7 Å². The van der Waals surface area contributed by atoms with Gasteiger partial charge in [-0.05, 0) is 73.6 Å². The fraction of sp³-hybridized carbons (Fsp3) is 0.640. The van der Waals surface area contributed by atoms with E-state index < -0.39 is 0 Å². The smallest absolute Gasteiger partial charge is 0.337 e. The van der Waals surface area contributed by atoms with E-state index >= 15 is 0 Å². The maximum Gasteiger partial charge on any atom is 0.337 e. The normalized spacial score (nSPS) is 35.8. The molecule has 0 bridgehead atoms. The summed E-state index contributed by atoms with van der Waals surface area (Å²) in [5, 5.41) is 0. The second-order valence-corrected chi connectivity index (χ2v) is 9.63. The van der Waals surface area contributed by atoms with Crippen molar-refractivity contribution in [2.24, 2.45) is 22.7 Å². The first-order valence-electron chi connectivity index (χ1n) is 11.1. The number of allylic oxidation sites excluding steroid dienone is 1. The van der Waals surface area contributed by atoms with E-state index in [1.807, 2.05) is 12.1 Å². The van der Waals surface area contributed by atoms with Crippen LogP contribution in [0.15, 0.2) is 36.4 Å². The molecule has 1 heterocycles. The molecule has 2 aliphatic carbocycles. The Morgan fingerprint density at radius 1 is 1.20 bits per heavy atom. The van der Waals surface area contributed by atoms with Crippen LogP contribution in [-0.2, 0) is 14.2 Å². The van der Waals surface area contributed by atoms with E-state index in [0.29, 0.717) is 36.9 Å². The van der Waals surface area contributed by atoms with Gasteiger partial charge in [0.05, 0.1) is 32.0 Å². The Morgan fingerprint density at radius 3 is 2.70 bits per heavy atom. The first-order valence-corrected chi connectivity index (χ1v) is 11.1. The minimum atomic E-state index is -0.334. The fourth-order valence-electron chi connectivity index (χ4n) is 6.46. The molecular formula is C25H34O5. The highest BCUT2D eigenvalue weighted by molar-refractivity contribution is 5.89. The van der Waals surface area contributed by atoms with Gasteiger partial charge in [-0.1, -0.05) is 26.0 Å². The number of methoxy groups -OCH3 is 1. The highest BCUT2D eigenvalue weighted by Crippen LogP contribution is 2.62. The van der Waals surface area contributed by atoms with Gasteiger partial charge in [0.25, 0.3) is 0 Å². The molecule has 30 heavy (non-hydrogen) atoms. The monoisotopic (exact) mass is 414 g/mol. The minimum absolute atomic E-state index is 0.0781. The van der Waals surface area contributed by atoms with Crippen molar-refractivity contribution >= 4 is 5.97 Å². The van der Waals surface area contributed by atoms with Gasteiger partial charge in [0, 0.05) is 5.41 Å². The molecule has 1 aliphatic heterocycles. The van der Waals surface area contributed by atoms with Gasteiger partial charge in [-0.15, -0.1) is 0 Å². The third-order valence-electron chi connectivity index (χ3n) is 8.03. The number of hydrogen-bond acceptors (Lipinski definition) is 5. The van der Waals surface area contributed by atoms with Crippen LogP contribution < -0.4 is 4.74 Å². The topological polar surface area (TPSA) is 54.0 Å². The molecule has 4 unspecified atom stereocenters. The molecule has 3 fully saturated rings. The van der Waals surface area contributed by atoms with Crippen LogP contribution in [0.5, 0.6) is 5.75 Å². The standard InChI is InChI=1S/C25H34O5/c1-17-5-10-21-24(2,13-11-22-25(21,3)15-28-16-30-22)20(17)12-14-29-19-8-6-18(7-9-19)23(26)27-4/h6-9,20-22H,1,5,10-16H2,2-4H3/t20?,21?,22?,24?,25-/m0/s1. The van der Waals surface area contributed by atoms with Gasteiger partial charge < -0.3 is 18.9 Å². The van der Waals surface area contributed by atoms with Crippen molar-refractivity contribution in [3.05, 3.63) is 42.0 Å². The molecule has 4 rings (SSSR count). The molecule has 0 radical (unpaired) electrons. The molecule has 0 N–H and O–H groups in total. The van der Waals surface area contributed by atoms with E-state index in [2.05, 4.69) is 20.4 Å². The van der Waals surface area contributed by atoms with Crippen LogP contribution in [0.3, 0.4) is 0 Å². The second kappa shape index (κ2) is 8.35. The SMILES string of the molecule is C=C1CCC2C(C)(CCC3OCOC[C@]32C)C1CCOc1ccc(C(=O)OC)cc1. The molecule has 0 aromatic heterocycles. The number of ether oxygens (including phenoxy) is 4. The molecule has 0 spiro atoms. The molecule has 3 aliphatic rings. The average Bonchev–Trinajstić information content (AvgIpc) is 2.75. The van der Waals surface area contributed by atoms with Crippen LogP contribution >= 0.6 is 0 Å². The molecular weight excluding hydrogens is 380 g/mol. The summed E-state index contributed by atoms with van der Waals surface area (Å²) in [6.45, 7) is 11.1. The van der Waals surface area contributed by atoms with E-state index in [0.717, 1.165) is 38.0 Å². The summed E-state index contributed by atoms with van der Waals surface area (Å²) >= 11 is 0. The largest absolute Gasteiger partial charge is 0.494 e. The summed E-state index contributed by atoms with van der Waals surface area (Å²) in [6, 6.07) is 7.14. The highest BCUT2D eigenvalue weighted by atomic mass is 16.7. The predicted octanol–water partition coefficient (Wildman–Crippen LogP) is 5.00. The summed E-state index contributed by atoms with van der Waals surface area (Å²) < 4.78 is 22.6. The number of fused-ring (bicyclic) bond motifs is 3. The Balaban J connectivity index is 1.43. The number of esters is 1. The maximum absolute atomic E-state index is 11.6. The van der Waals surface area contributed by atoms with Gasteiger partial charge in [0.15, 0.2) is 0 Å². The van der Waals surface area contributed by atoms with E-state index in [-0.39, 0.29) is 16.8 Å². The van der Waals surface area contributed by atoms with Crippen LogP contribution in [-0.4, -0.2) is 39.2 Å². The maximum atomic E-state index is 11.6. The summed E-state index contributed by atoms with van der Waals surface area (Å²) in [6.07, 6.45) is 5.75. The van der Waals surface area contributed by atoms with Gasteiger partial charge in [0.1, 0.15) is 12.5 Å². The number of benzene rings is 1. The lowest BCUT2D eigenvalue weighted by Crippen LogP contribution is -2.60. The zero-order chi connectivity index (χ0) is 21.4. The molecule has 5 nitrogen and oxygen atoms in total. The van der Waals surface area contributed by atoms with E-state index in [1.165, 1.54) is 19.1 Å². The van der Waals surface area contributed by atoms with Gasteiger partial charge in [-0.3, -0.25) is 0 Å². The fourth-order valence-corrected chi connectivity index (χ4v) is 6.46. The van der Waals surface area contributed by atoms with Crippen molar-refractivity contribution in [3.8, 4) is 5.75 Å². The van der Waals surface area contributed by atoms with E-state index in [4.69, 9.17) is 18.9 Å². The number of carbonyl (C=O) groups excluding carboxylic acids is 1. The summed E-state index contributed by atoms with van der Waals surface area (Å²) in [5.41, 5.74) is 2.17. The minimum Gasteiger partial charge on any atom is -0.494 e. The van der Waals surface area contributed by atoms with Gasteiger partial charge in [-0.25, -0.2) is 4.79 Å². The van der Waals surface area contributed by atoms with Crippen molar-refractivity contribution in [1.29, 1.82) is 0 Å². The molecule has 1 saturated heterocycles. The van der Waals surface area contributed by atoms with Gasteiger partial charge in [0.2, 0.25) is 0 Å². The summed E-state index contributed by atoms with van der Waals surface area (Å²) in [4.78, 5) is 11.6. The summed E-state index contributed by atoms with van der Waals surface area (Å²) in [5.74, 6) is 1.44. The molecule has 2 saturated carbocycles. The van der Waals surface area contributed by atoms with Crippen molar-refractivity contribution < 1.29 is 23.7 Å². The molecule has 0 amide bonds. The first-order chi connectivity index (χ1) is 14.4. The van der Waals surface area contributed by atoms with Gasteiger partial charge in [-0.2, -0.15) is 0 Å². The van der Waals surface area contributed by atoms with Crippen LogP contribution in [0.4, 0.5) is 0 Å². The zero-order valence-electron chi connectivity index (χ0n) is 18.4. The first kappa shape index (κ1) is 21.4. The molecule has 164 valence electrons. The third-order valence-corrected chi connectivity index (χ3v) is 8.03. The number of carbonyl (C=O) groups is 1. The lowest BCUT2D eigenvalue weighted by Gasteiger charge is -2.62. The molecule has 1 aromatic carbocycles. The molecule has 1 aromatic rings. The Hall–Kier alpha value is -1.85. The number of rotatable bonds is 5. The molecule has 5 atom stereocenters. The molecule has 5 heteroatoms. The van der Waals surface area contributed by atoms with Crippen LogP contribution in [0.2, 0.25) is 0 Å². The average molecular weight is 415 g/mol. The Morgan fingerprint density at radius 2 is 1.97 bits per heavy atom. The van der Waals surface area contributed by atoms with Crippen molar-refractivity contribution in [2.45, 2.75) is 52.1 Å². The Labute approximate surface area is 179 Å². The second-order valence-electron chi connectivity index (χ2n) is 9.63. The predicted molar refractivity (Wildman–Crippen MR) is 114 cm³/mol. The summed E-state index contributed by atoms with van der Waals surface area (Å²) in [7, 11) is 1.39. The van der Waals surface area contributed by atoms with Crippen molar-refractivity contribution in [2.75, 3.05) is 27.1 Å². The van der Waals surface area contributed by atoms with Crippen molar-refractivity contribution in [1.82, 2.24) is 0 Å². The third kappa shape index (κ3) is 3.67. The highest BCUT2D eigenvalue weighted by Gasteiger charge is 2.59. The van der Waals surface area contributed by atoms with Crippen LogP contribution in [0.1, 0.15) is 56.3 Å². The lowest BCUT2D eigenvalue weighted by molar-refractivity contribution is -0.260. The Kier molecular flexibility index (Phi) is 5.95. The zero-order valence-corrected chi connectivity index (χ0v) is 18.4. The number of hydrogen-bond donors (Lipinski definition) is 0. The van der Waals surface area contributed by atoms with E-state index in [1.54, 1.807) is 12.1 Å². The lowest BCUT2D eigenvalue weighted by atomic mass is 9.46. The quantitative estimate of drug-likeness (QED) is 0.501. The van der Waals surface area contributed by atoms with Gasteiger partial charge >= 0.3 is 5.97 Å². The van der Waals surface area contributed by atoms with Crippen LogP contribution in [0.25, 0.3) is 0 Å². The van der Waals surface area contributed by atoms with E-state index in [9.17, 15) is 4.79 Å².